The summed E-state index contributed by atoms with van der Waals surface area (Å²) >= 11 is 0. The SMILES string of the molecule is CN(C)c1ccccc1Nc1cnc(C#N)cn1. The van der Waals surface area contributed by atoms with Gasteiger partial charge < -0.3 is 10.2 Å². The molecule has 0 aliphatic rings. The van der Waals surface area contributed by atoms with Crippen LogP contribution in [0, 0.1) is 11.3 Å². The van der Waals surface area contributed by atoms with E-state index in [2.05, 4.69) is 15.3 Å². The van der Waals surface area contributed by atoms with Gasteiger partial charge in [0.25, 0.3) is 0 Å². The Morgan fingerprint density at radius 2 is 1.94 bits per heavy atom. The molecular formula is C13H13N5. The first-order valence-corrected chi connectivity index (χ1v) is 5.46. The second-order valence-electron chi connectivity index (χ2n) is 3.94. The van der Waals surface area contributed by atoms with E-state index in [0.29, 0.717) is 11.5 Å². The number of anilines is 3. The van der Waals surface area contributed by atoms with Crippen molar-refractivity contribution in [2.24, 2.45) is 0 Å². The van der Waals surface area contributed by atoms with Crippen molar-refractivity contribution in [2.45, 2.75) is 0 Å². The van der Waals surface area contributed by atoms with E-state index in [9.17, 15) is 0 Å². The molecule has 5 heteroatoms. The molecule has 0 saturated carbocycles. The van der Waals surface area contributed by atoms with E-state index < -0.39 is 0 Å². The maximum Gasteiger partial charge on any atom is 0.158 e. The molecular weight excluding hydrogens is 226 g/mol. The number of nitrogens with one attached hydrogen (secondary N) is 1. The molecule has 0 spiro atoms. The van der Waals surface area contributed by atoms with Crippen LogP contribution in [0.5, 0.6) is 0 Å². The van der Waals surface area contributed by atoms with Gasteiger partial charge in [0.15, 0.2) is 5.69 Å². The van der Waals surface area contributed by atoms with Crippen LogP contribution in [0.3, 0.4) is 0 Å². The number of para-hydroxylation sites is 2. The minimum Gasteiger partial charge on any atom is -0.376 e. The summed E-state index contributed by atoms with van der Waals surface area (Å²) in [4.78, 5) is 10.1. The first kappa shape index (κ1) is 11.9. The van der Waals surface area contributed by atoms with Crippen molar-refractivity contribution < 1.29 is 0 Å². The van der Waals surface area contributed by atoms with Gasteiger partial charge >= 0.3 is 0 Å². The van der Waals surface area contributed by atoms with Crippen molar-refractivity contribution in [1.82, 2.24) is 9.97 Å². The van der Waals surface area contributed by atoms with E-state index in [1.54, 1.807) is 6.20 Å². The fourth-order valence-electron chi connectivity index (χ4n) is 1.56. The van der Waals surface area contributed by atoms with Gasteiger partial charge in [0.1, 0.15) is 11.9 Å². The van der Waals surface area contributed by atoms with Gasteiger partial charge in [0.05, 0.1) is 23.8 Å². The topological polar surface area (TPSA) is 64.8 Å². The number of nitrogens with zero attached hydrogens (tertiary/aromatic N) is 4. The van der Waals surface area contributed by atoms with Gasteiger partial charge in [-0.3, -0.25) is 0 Å². The Morgan fingerprint density at radius 3 is 2.56 bits per heavy atom. The van der Waals surface area contributed by atoms with E-state index in [1.165, 1.54) is 6.20 Å². The quantitative estimate of drug-likeness (QED) is 0.889. The summed E-state index contributed by atoms with van der Waals surface area (Å²) in [5.74, 6) is 0.614. The van der Waals surface area contributed by atoms with Crippen molar-refractivity contribution in [2.75, 3.05) is 24.3 Å². The summed E-state index contributed by atoms with van der Waals surface area (Å²) in [6.07, 6.45) is 2.99. The van der Waals surface area contributed by atoms with Crippen LogP contribution >= 0.6 is 0 Å². The molecule has 0 aliphatic heterocycles. The molecule has 1 aromatic carbocycles. The molecule has 0 atom stereocenters. The second-order valence-corrected chi connectivity index (χ2v) is 3.94. The summed E-state index contributed by atoms with van der Waals surface area (Å²) in [5, 5.41) is 11.8. The average Bonchev–Trinajstić information content (AvgIpc) is 2.40. The highest BCUT2D eigenvalue weighted by Crippen LogP contribution is 2.25. The average molecular weight is 239 g/mol. The molecule has 5 nitrogen and oxygen atoms in total. The van der Waals surface area contributed by atoms with Gasteiger partial charge in [-0.2, -0.15) is 5.26 Å². The summed E-state index contributed by atoms with van der Waals surface area (Å²) in [5.41, 5.74) is 2.31. The Labute approximate surface area is 106 Å². The highest BCUT2D eigenvalue weighted by Gasteiger charge is 2.04. The van der Waals surface area contributed by atoms with Crippen LogP contribution in [0.4, 0.5) is 17.2 Å². The summed E-state index contributed by atoms with van der Waals surface area (Å²) in [7, 11) is 3.95. The highest BCUT2D eigenvalue weighted by molar-refractivity contribution is 5.73. The van der Waals surface area contributed by atoms with E-state index in [1.807, 2.05) is 49.3 Å². The highest BCUT2D eigenvalue weighted by atomic mass is 15.1. The Morgan fingerprint density at radius 1 is 1.17 bits per heavy atom. The van der Waals surface area contributed by atoms with Gasteiger partial charge in [0, 0.05) is 14.1 Å². The molecule has 18 heavy (non-hydrogen) atoms. The number of benzene rings is 1. The van der Waals surface area contributed by atoms with Crippen molar-refractivity contribution in [1.29, 1.82) is 5.26 Å². The van der Waals surface area contributed by atoms with Crippen LogP contribution in [0.15, 0.2) is 36.7 Å². The predicted molar refractivity (Wildman–Crippen MR) is 70.8 cm³/mol. The van der Waals surface area contributed by atoms with Gasteiger partial charge in [0.2, 0.25) is 0 Å². The fourth-order valence-corrected chi connectivity index (χ4v) is 1.56. The Bertz CT molecular complexity index is 569. The molecule has 2 aromatic rings. The standard InChI is InChI=1S/C13H13N5/c1-18(2)12-6-4-3-5-11(12)17-13-9-15-10(7-14)8-16-13/h3-6,8-9H,1-2H3,(H,16,17). The number of rotatable bonds is 3. The summed E-state index contributed by atoms with van der Waals surface area (Å²) in [6, 6.07) is 9.85. The first-order chi connectivity index (χ1) is 8.70. The van der Waals surface area contributed by atoms with Gasteiger partial charge in [-0.1, -0.05) is 12.1 Å². The lowest BCUT2D eigenvalue weighted by atomic mass is 10.2. The third-order valence-electron chi connectivity index (χ3n) is 2.41. The van der Waals surface area contributed by atoms with E-state index in [4.69, 9.17) is 5.26 Å². The molecule has 0 amide bonds. The molecule has 0 fully saturated rings. The molecule has 0 unspecified atom stereocenters. The van der Waals surface area contributed by atoms with Crippen LogP contribution in [0.1, 0.15) is 5.69 Å². The number of nitriles is 1. The molecule has 0 radical (unpaired) electrons. The lowest BCUT2D eigenvalue weighted by Crippen LogP contribution is -2.11. The fraction of sp³-hybridized carbons (Fsp3) is 0.154. The molecule has 1 N–H and O–H groups in total. The van der Waals surface area contributed by atoms with Crippen molar-refractivity contribution in [3.8, 4) is 6.07 Å². The van der Waals surface area contributed by atoms with Gasteiger partial charge in [-0.05, 0) is 12.1 Å². The Kier molecular flexibility index (Phi) is 3.39. The zero-order valence-corrected chi connectivity index (χ0v) is 10.3. The van der Waals surface area contributed by atoms with Crippen molar-refractivity contribution in [3.05, 3.63) is 42.4 Å². The van der Waals surface area contributed by atoms with Crippen molar-refractivity contribution in [3.63, 3.8) is 0 Å². The lowest BCUT2D eigenvalue weighted by Gasteiger charge is -2.17. The second kappa shape index (κ2) is 5.15. The first-order valence-electron chi connectivity index (χ1n) is 5.46. The number of aromatic nitrogens is 2. The molecule has 1 heterocycles. The Balaban J connectivity index is 2.26. The minimum atomic E-state index is 0.307. The summed E-state index contributed by atoms with van der Waals surface area (Å²) in [6.45, 7) is 0. The van der Waals surface area contributed by atoms with Crippen molar-refractivity contribution >= 4 is 17.2 Å². The largest absolute Gasteiger partial charge is 0.376 e. The van der Waals surface area contributed by atoms with E-state index in [0.717, 1.165) is 11.4 Å². The normalized spacial score (nSPS) is 9.61. The summed E-state index contributed by atoms with van der Waals surface area (Å²) < 4.78 is 0. The predicted octanol–water partition coefficient (Wildman–Crippen LogP) is 2.16. The molecule has 1 aromatic heterocycles. The zero-order chi connectivity index (χ0) is 13.0. The van der Waals surface area contributed by atoms with E-state index >= 15 is 0 Å². The maximum atomic E-state index is 8.66. The van der Waals surface area contributed by atoms with Gasteiger partial charge in [-0.25, -0.2) is 9.97 Å². The van der Waals surface area contributed by atoms with Crippen LogP contribution in [0.25, 0.3) is 0 Å². The third-order valence-corrected chi connectivity index (χ3v) is 2.41. The molecule has 0 bridgehead atoms. The molecule has 2 rings (SSSR count). The minimum absolute atomic E-state index is 0.307. The Hall–Kier alpha value is -2.61. The van der Waals surface area contributed by atoms with Crippen LogP contribution < -0.4 is 10.2 Å². The number of hydrogen-bond donors (Lipinski definition) is 1. The van der Waals surface area contributed by atoms with Crippen LogP contribution in [-0.4, -0.2) is 24.1 Å². The van der Waals surface area contributed by atoms with Crippen LogP contribution in [-0.2, 0) is 0 Å². The molecule has 90 valence electrons. The zero-order valence-electron chi connectivity index (χ0n) is 10.3. The molecule has 0 saturated heterocycles. The van der Waals surface area contributed by atoms with Gasteiger partial charge in [-0.15, -0.1) is 0 Å². The smallest absolute Gasteiger partial charge is 0.158 e. The third kappa shape index (κ3) is 2.55. The number of hydrogen-bond acceptors (Lipinski definition) is 5. The maximum absolute atomic E-state index is 8.66. The monoisotopic (exact) mass is 239 g/mol. The molecule has 0 aliphatic carbocycles. The van der Waals surface area contributed by atoms with E-state index in [-0.39, 0.29) is 0 Å². The lowest BCUT2D eigenvalue weighted by molar-refractivity contribution is 1.12. The van der Waals surface area contributed by atoms with Crippen LogP contribution in [0.2, 0.25) is 0 Å².